The minimum atomic E-state index is -3.16. The number of sulfonamides is 1. The fourth-order valence-electron chi connectivity index (χ4n) is 3.29. The van der Waals surface area contributed by atoms with Crippen LogP contribution in [0.25, 0.3) is 0 Å². The van der Waals surface area contributed by atoms with E-state index in [-0.39, 0.29) is 11.3 Å². The maximum atomic E-state index is 12.1. The van der Waals surface area contributed by atoms with Crippen LogP contribution >= 0.6 is 0 Å². The van der Waals surface area contributed by atoms with Crippen molar-refractivity contribution in [1.29, 1.82) is 0 Å². The van der Waals surface area contributed by atoms with E-state index in [1.165, 1.54) is 5.56 Å². The number of fused-ring (bicyclic) bond motifs is 1. The van der Waals surface area contributed by atoms with E-state index in [0.717, 1.165) is 38.2 Å². The summed E-state index contributed by atoms with van der Waals surface area (Å²) in [4.78, 5) is 2.35. The highest BCUT2D eigenvalue weighted by molar-refractivity contribution is 7.90. The number of nitrogens with one attached hydrogen (secondary N) is 1. The van der Waals surface area contributed by atoms with E-state index >= 15 is 0 Å². The van der Waals surface area contributed by atoms with E-state index in [4.69, 9.17) is 0 Å². The van der Waals surface area contributed by atoms with Gasteiger partial charge in [-0.3, -0.25) is 9.58 Å². The monoisotopic (exact) mass is 346 g/mol. The number of hydrogen-bond donors (Lipinski definition) is 1. The highest BCUT2D eigenvalue weighted by Gasteiger charge is 2.36. The number of nitrogens with zero attached hydrogens (tertiary/aromatic N) is 3. The Morgan fingerprint density at radius 1 is 1.17 bits per heavy atom. The SMILES string of the molecule is O=S(=O)(NC[C@@H]1CN(Cc2ccccc2)Cc2ccnn21)C1CC1. The third-order valence-electron chi connectivity index (χ3n) is 4.69. The summed E-state index contributed by atoms with van der Waals surface area (Å²) in [7, 11) is -3.16. The summed E-state index contributed by atoms with van der Waals surface area (Å²) in [5, 5.41) is 4.21. The Bertz CT molecular complexity index is 799. The van der Waals surface area contributed by atoms with E-state index < -0.39 is 10.0 Å². The summed E-state index contributed by atoms with van der Waals surface area (Å²) in [5.74, 6) is 0. The maximum absolute atomic E-state index is 12.1. The molecular weight excluding hydrogens is 324 g/mol. The van der Waals surface area contributed by atoms with E-state index in [2.05, 4.69) is 26.9 Å². The lowest BCUT2D eigenvalue weighted by atomic mass is 10.1. The van der Waals surface area contributed by atoms with Gasteiger partial charge in [-0.05, 0) is 24.5 Å². The van der Waals surface area contributed by atoms with E-state index in [0.29, 0.717) is 6.54 Å². The fourth-order valence-corrected chi connectivity index (χ4v) is 4.70. The van der Waals surface area contributed by atoms with Gasteiger partial charge in [-0.1, -0.05) is 30.3 Å². The molecule has 0 bridgehead atoms. The molecule has 0 unspecified atom stereocenters. The molecule has 1 atom stereocenters. The Morgan fingerprint density at radius 3 is 2.71 bits per heavy atom. The fraction of sp³-hybridized carbons (Fsp3) is 0.471. The Morgan fingerprint density at radius 2 is 1.96 bits per heavy atom. The second-order valence-corrected chi connectivity index (χ2v) is 8.71. The van der Waals surface area contributed by atoms with Crippen molar-refractivity contribution in [1.82, 2.24) is 19.4 Å². The summed E-state index contributed by atoms with van der Waals surface area (Å²) >= 11 is 0. The standard InChI is InChI=1S/C17H22N4O2S/c22-24(23,17-6-7-17)19-10-16-13-20(11-14-4-2-1-3-5-14)12-15-8-9-18-21(15)16/h1-5,8-9,16-17,19H,6-7,10-13H2/t16-/m1/s1. The van der Waals surface area contributed by atoms with Crippen LogP contribution in [0.1, 0.15) is 30.1 Å². The molecule has 0 amide bonds. The van der Waals surface area contributed by atoms with E-state index in [9.17, 15) is 8.42 Å². The first kappa shape index (κ1) is 15.8. The van der Waals surface area contributed by atoms with Gasteiger partial charge in [-0.2, -0.15) is 5.10 Å². The Labute approximate surface area is 142 Å². The van der Waals surface area contributed by atoms with Crippen LogP contribution in [0.4, 0.5) is 0 Å². The topological polar surface area (TPSA) is 67.2 Å². The smallest absolute Gasteiger partial charge is 0.214 e. The van der Waals surface area contributed by atoms with Gasteiger partial charge in [-0.15, -0.1) is 0 Å². The highest BCUT2D eigenvalue weighted by Crippen LogP contribution is 2.28. The number of aromatic nitrogens is 2. The Balaban J connectivity index is 1.47. The molecule has 1 aromatic carbocycles. The van der Waals surface area contributed by atoms with Crippen LogP contribution in [0.3, 0.4) is 0 Å². The van der Waals surface area contributed by atoms with E-state index in [1.807, 2.05) is 28.9 Å². The molecule has 2 aromatic rings. The highest BCUT2D eigenvalue weighted by atomic mass is 32.2. The first-order valence-electron chi connectivity index (χ1n) is 8.39. The molecular formula is C17H22N4O2S. The van der Waals surface area contributed by atoms with Gasteiger partial charge in [0.25, 0.3) is 0 Å². The quantitative estimate of drug-likeness (QED) is 0.861. The summed E-state index contributed by atoms with van der Waals surface area (Å²) in [6.07, 6.45) is 3.37. The van der Waals surface area contributed by atoms with Crippen molar-refractivity contribution < 1.29 is 8.42 Å². The Kier molecular flexibility index (Phi) is 4.15. The van der Waals surface area contributed by atoms with Crippen LogP contribution in [0, 0.1) is 0 Å². The minimum Gasteiger partial charge on any atom is -0.291 e. The van der Waals surface area contributed by atoms with Crippen LogP contribution in [-0.4, -0.2) is 41.4 Å². The van der Waals surface area contributed by atoms with Gasteiger partial charge >= 0.3 is 0 Å². The average molecular weight is 346 g/mol. The molecule has 1 aromatic heterocycles. The summed E-state index contributed by atoms with van der Waals surface area (Å²) in [6.45, 7) is 2.88. The Hall–Kier alpha value is -1.70. The lowest BCUT2D eigenvalue weighted by molar-refractivity contribution is 0.168. The molecule has 24 heavy (non-hydrogen) atoms. The van der Waals surface area contributed by atoms with Crippen molar-refractivity contribution in [2.24, 2.45) is 0 Å². The van der Waals surface area contributed by atoms with Gasteiger partial charge in [0.05, 0.1) is 17.0 Å². The molecule has 7 heteroatoms. The van der Waals surface area contributed by atoms with Crippen molar-refractivity contribution in [3.8, 4) is 0 Å². The van der Waals surface area contributed by atoms with Crippen LogP contribution in [0.2, 0.25) is 0 Å². The van der Waals surface area contributed by atoms with Crippen molar-refractivity contribution in [2.75, 3.05) is 13.1 Å². The predicted molar refractivity (Wildman–Crippen MR) is 91.8 cm³/mol. The van der Waals surface area contributed by atoms with Crippen LogP contribution in [-0.2, 0) is 23.1 Å². The molecule has 1 N–H and O–H groups in total. The largest absolute Gasteiger partial charge is 0.291 e. The zero-order valence-electron chi connectivity index (χ0n) is 13.5. The average Bonchev–Trinajstić information content (AvgIpc) is 3.34. The molecule has 6 nitrogen and oxygen atoms in total. The molecule has 128 valence electrons. The first-order chi connectivity index (χ1) is 11.6. The molecule has 1 saturated carbocycles. The molecule has 1 aliphatic carbocycles. The van der Waals surface area contributed by atoms with Gasteiger partial charge in [0, 0.05) is 32.4 Å². The van der Waals surface area contributed by atoms with Crippen LogP contribution in [0.15, 0.2) is 42.6 Å². The summed E-state index contributed by atoms with van der Waals surface area (Å²) in [6, 6.07) is 12.4. The minimum absolute atomic E-state index is 0.0287. The maximum Gasteiger partial charge on any atom is 0.214 e. The summed E-state index contributed by atoms with van der Waals surface area (Å²) in [5.41, 5.74) is 2.40. The number of hydrogen-bond acceptors (Lipinski definition) is 4. The third-order valence-corrected chi connectivity index (χ3v) is 6.60. The molecule has 1 aliphatic heterocycles. The summed E-state index contributed by atoms with van der Waals surface area (Å²) < 4.78 is 29.0. The third kappa shape index (κ3) is 3.38. The van der Waals surface area contributed by atoms with Crippen molar-refractivity contribution in [3.05, 3.63) is 53.9 Å². The van der Waals surface area contributed by atoms with Gasteiger partial charge < -0.3 is 0 Å². The molecule has 0 saturated heterocycles. The molecule has 1 fully saturated rings. The zero-order chi connectivity index (χ0) is 16.6. The first-order valence-corrected chi connectivity index (χ1v) is 9.93. The van der Waals surface area contributed by atoms with Crippen LogP contribution < -0.4 is 4.72 Å². The molecule has 4 rings (SSSR count). The zero-order valence-corrected chi connectivity index (χ0v) is 14.3. The molecule has 0 spiro atoms. The lowest BCUT2D eigenvalue weighted by Gasteiger charge is -2.34. The van der Waals surface area contributed by atoms with Crippen LogP contribution in [0.5, 0.6) is 0 Å². The number of benzene rings is 1. The molecule has 2 heterocycles. The van der Waals surface area contributed by atoms with E-state index in [1.54, 1.807) is 6.20 Å². The van der Waals surface area contributed by atoms with Gasteiger partial charge in [0.15, 0.2) is 0 Å². The molecule has 0 radical (unpaired) electrons. The van der Waals surface area contributed by atoms with Crippen molar-refractivity contribution >= 4 is 10.0 Å². The molecule has 2 aliphatic rings. The van der Waals surface area contributed by atoms with Gasteiger partial charge in [0.2, 0.25) is 10.0 Å². The second-order valence-electron chi connectivity index (χ2n) is 6.67. The van der Waals surface area contributed by atoms with Gasteiger partial charge in [0.1, 0.15) is 0 Å². The normalized spacial score (nSPS) is 21.6. The number of rotatable bonds is 6. The van der Waals surface area contributed by atoms with Crippen molar-refractivity contribution in [3.63, 3.8) is 0 Å². The predicted octanol–water partition coefficient (Wildman–Crippen LogP) is 1.52. The van der Waals surface area contributed by atoms with Crippen molar-refractivity contribution in [2.45, 2.75) is 37.2 Å². The van der Waals surface area contributed by atoms with Gasteiger partial charge in [-0.25, -0.2) is 13.1 Å². The second kappa shape index (κ2) is 6.31. The lowest BCUT2D eigenvalue weighted by Crippen LogP contribution is -2.43.